The summed E-state index contributed by atoms with van der Waals surface area (Å²) in [6.07, 6.45) is 0.971. The van der Waals surface area contributed by atoms with Crippen molar-refractivity contribution >= 4 is 29.9 Å². The molecule has 0 heterocycles. The Balaban J connectivity index is 0.00000324. The molecule has 1 aromatic rings. The predicted octanol–water partition coefficient (Wildman–Crippen LogP) is 3.05. The van der Waals surface area contributed by atoms with Crippen molar-refractivity contribution in [3.63, 3.8) is 0 Å². The van der Waals surface area contributed by atoms with Crippen molar-refractivity contribution in [3.05, 3.63) is 35.4 Å². The number of hydrogen-bond donors (Lipinski definition) is 2. The summed E-state index contributed by atoms with van der Waals surface area (Å²) in [5, 5.41) is 6.14. The molecule has 0 bridgehead atoms. The van der Waals surface area contributed by atoms with Gasteiger partial charge in [-0.2, -0.15) is 0 Å². The lowest BCUT2D eigenvalue weighted by molar-refractivity contribution is 0.585. The van der Waals surface area contributed by atoms with Crippen LogP contribution in [0.5, 0.6) is 0 Å². The van der Waals surface area contributed by atoms with Gasteiger partial charge < -0.3 is 10.6 Å². The quantitative estimate of drug-likeness (QED) is 0.466. The summed E-state index contributed by atoms with van der Waals surface area (Å²) in [6.45, 7) is 5.62. The van der Waals surface area contributed by atoms with Gasteiger partial charge >= 0.3 is 0 Å². The Morgan fingerprint density at radius 1 is 1.21 bits per heavy atom. The Morgan fingerprint density at radius 3 is 2.58 bits per heavy atom. The lowest BCUT2D eigenvalue weighted by Crippen LogP contribution is -2.37. The largest absolute Gasteiger partial charge is 0.357 e. The van der Waals surface area contributed by atoms with Gasteiger partial charge in [0.15, 0.2) is 5.96 Å². The molecule has 0 aromatic heterocycles. The van der Waals surface area contributed by atoms with E-state index in [1.807, 2.05) is 13.8 Å². The highest BCUT2D eigenvalue weighted by Crippen LogP contribution is 2.10. The molecule has 0 aliphatic heterocycles. The molecule has 6 heteroatoms. The molecular formula is C13H20F2IN3. The van der Waals surface area contributed by atoms with Crippen LogP contribution in [0.15, 0.2) is 23.2 Å². The second-order valence-corrected chi connectivity index (χ2v) is 3.86. The summed E-state index contributed by atoms with van der Waals surface area (Å²) in [7, 11) is 0. The summed E-state index contributed by atoms with van der Waals surface area (Å²) < 4.78 is 26.4. The number of hydrogen-bond acceptors (Lipinski definition) is 1. The third-order valence-corrected chi connectivity index (χ3v) is 2.30. The van der Waals surface area contributed by atoms with Gasteiger partial charge in [-0.3, -0.25) is 0 Å². The van der Waals surface area contributed by atoms with Gasteiger partial charge in [-0.25, -0.2) is 13.8 Å². The lowest BCUT2D eigenvalue weighted by Gasteiger charge is -2.10. The van der Waals surface area contributed by atoms with Gasteiger partial charge in [0.25, 0.3) is 0 Å². The van der Waals surface area contributed by atoms with E-state index in [1.54, 1.807) is 0 Å². The van der Waals surface area contributed by atoms with E-state index in [0.29, 0.717) is 5.96 Å². The number of aliphatic imine (C=N–C) groups is 1. The fourth-order valence-corrected chi connectivity index (χ4v) is 1.41. The Bertz CT molecular complexity index is 411. The SMILES string of the molecule is CCCNC(=NCc1cc(F)ccc1F)NCC.I. The first-order valence-corrected chi connectivity index (χ1v) is 6.13. The zero-order chi connectivity index (χ0) is 13.4. The summed E-state index contributed by atoms with van der Waals surface area (Å²) >= 11 is 0. The van der Waals surface area contributed by atoms with Crippen LogP contribution in [0.25, 0.3) is 0 Å². The zero-order valence-electron chi connectivity index (χ0n) is 11.2. The van der Waals surface area contributed by atoms with Crippen LogP contribution in [0.2, 0.25) is 0 Å². The van der Waals surface area contributed by atoms with Gasteiger partial charge in [0, 0.05) is 18.7 Å². The number of benzene rings is 1. The maximum Gasteiger partial charge on any atom is 0.191 e. The summed E-state index contributed by atoms with van der Waals surface area (Å²) in [4.78, 5) is 4.21. The Kier molecular flexibility index (Phi) is 9.46. The smallest absolute Gasteiger partial charge is 0.191 e. The molecule has 0 fully saturated rings. The molecule has 19 heavy (non-hydrogen) atoms. The number of nitrogens with one attached hydrogen (secondary N) is 2. The van der Waals surface area contributed by atoms with Crippen LogP contribution in [0.1, 0.15) is 25.8 Å². The van der Waals surface area contributed by atoms with Crippen LogP contribution in [-0.2, 0) is 6.54 Å². The second-order valence-electron chi connectivity index (χ2n) is 3.86. The van der Waals surface area contributed by atoms with Crippen LogP contribution in [0.4, 0.5) is 8.78 Å². The van der Waals surface area contributed by atoms with E-state index in [1.165, 1.54) is 6.07 Å². The van der Waals surface area contributed by atoms with Crippen molar-refractivity contribution in [2.24, 2.45) is 4.99 Å². The second kappa shape index (κ2) is 9.94. The summed E-state index contributed by atoms with van der Waals surface area (Å²) in [5.74, 6) is -0.275. The van der Waals surface area contributed by atoms with E-state index in [2.05, 4.69) is 15.6 Å². The van der Waals surface area contributed by atoms with Gasteiger partial charge in [-0.1, -0.05) is 6.92 Å². The molecule has 0 saturated carbocycles. The van der Waals surface area contributed by atoms with Crippen molar-refractivity contribution in [2.45, 2.75) is 26.8 Å². The van der Waals surface area contributed by atoms with Crippen molar-refractivity contribution in [3.8, 4) is 0 Å². The third-order valence-electron chi connectivity index (χ3n) is 2.30. The van der Waals surface area contributed by atoms with Gasteiger partial charge in [0.05, 0.1) is 6.54 Å². The molecule has 108 valence electrons. The molecule has 0 unspecified atom stereocenters. The van der Waals surface area contributed by atoms with Crippen molar-refractivity contribution in [1.82, 2.24) is 10.6 Å². The molecule has 0 spiro atoms. The first-order valence-electron chi connectivity index (χ1n) is 6.13. The van der Waals surface area contributed by atoms with Gasteiger partial charge in [-0.05, 0) is 31.5 Å². The standard InChI is InChI=1S/C13H19F2N3.HI/c1-3-7-17-13(16-4-2)18-9-10-8-11(14)5-6-12(10)15;/h5-6,8H,3-4,7,9H2,1-2H3,(H2,16,17,18);1H. The molecule has 0 saturated heterocycles. The normalized spacial score (nSPS) is 10.8. The first-order chi connectivity index (χ1) is 8.67. The Morgan fingerprint density at radius 2 is 1.95 bits per heavy atom. The first kappa shape index (κ1) is 18.1. The number of guanidine groups is 1. The van der Waals surface area contributed by atoms with E-state index in [-0.39, 0.29) is 36.1 Å². The van der Waals surface area contributed by atoms with E-state index >= 15 is 0 Å². The van der Waals surface area contributed by atoms with Crippen LogP contribution in [0, 0.1) is 11.6 Å². The number of nitrogens with zero attached hydrogens (tertiary/aromatic N) is 1. The highest BCUT2D eigenvalue weighted by Gasteiger charge is 2.03. The number of rotatable bonds is 5. The van der Waals surface area contributed by atoms with Crippen LogP contribution in [0.3, 0.4) is 0 Å². The fraction of sp³-hybridized carbons (Fsp3) is 0.462. The third kappa shape index (κ3) is 6.70. The lowest BCUT2D eigenvalue weighted by atomic mass is 10.2. The highest BCUT2D eigenvalue weighted by atomic mass is 127. The minimum atomic E-state index is -0.451. The molecule has 0 aliphatic rings. The molecule has 0 amide bonds. The van der Waals surface area contributed by atoms with E-state index in [0.717, 1.165) is 31.6 Å². The predicted molar refractivity (Wildman–Crippen MR) is 84.9 cm³/mol. The minimum Gasteiger partial charge on any atom is -0.357 e. The Labute approximate surface area is 129 Å². The van der Waals surface area contributed by atoms with E-state index in [9.17, 15) is 8.78 Å². The van der Waals surface area contributed by atoms with Crippen LogP contribution in [-0.4, -0.2) is 19.0 Å². The minimum absolute atomic E-state index is 0. The average Bonchev–Trinajstić information content (AvgIpc) is 2.36. The molecule has 0 atom stereocenters. The molecule has 1 rings (SSSR count). The molecule has 0 radical (unpaired) electrons. The van der Waals surface area contributed by atoms with Gasteiger partial charge in [0.2, 0.25) is 0 Å². The maximum atomic E-state index is 13.4. The van der Waals surface area contributed by atoms with Crippen molar-refractivity contribution < 1.29 is 8.78 Å². The topological polar surface area (TPSA) is 36.4 Å². The molecular weight excluding hydrogens is 363 g/mol. The summed E-state index contributed by atoms with van der Waals surface area (Å²) in [5.41, 5.74) is 0.253. The monoisotopic (exact) mass is 383 g/mol. The van der Waals surface area contributed by atoms with E-state index in [4.69, 9.17) is 0 Å². The van der Waals surface area contributed by atoms with Gasteiger partial charge in [-0.15, -0.1) is 24.0 Å². The highest BCUT2D eigenvalue weighted by molar-refractivity contribution is 14.0. The van der Waals surface area contributed by atoms with Crippen LogP contribution < -0.4 is 10.6 Å². The molecule has 0 aliphatic carbocycles. The summed E-state index contributed by atoms with van der Waals surface area (Å²) in [6, 6.07) is 3.39. The molecule has 2 N–H and O–H groups in total. The molecule has 3 nitrogen and oxygen atoms in total. The fourth-order valence-electron chi connectivity index (χ4n) is 1.41. The molecule has 1 aromatic carbocycles. The Hall–Kier alpha value is -0.920. The maximum absolute atomic E-state index is 13.4. The van der Waals surface area contributed by atoms with Crippen molar-refractivity contribution in [2.75, 3.05) is 13.1 Å². The van der Waals surface area contributed by atoms with Crippen LogP contribution >= 0.6 is 24.0 Å². The van der Waals surface area contributed by atoms with Gasteiger partial charge in [0.1, 0.15) is 11.6 Å². The van der Waals surface area contributed by atoms with E-state index < -0.39 is 11.6 Å². The zero-order valence-corrected chi connectivity index (χ0v) is 13.5. The van der Waals surface area contributed by atoms with Crippen molar-refractivity contribution in [1.29, 1.82) is 0 Å². The number of halogens is 3. The average molecular weight is 383 g/mol.